The predicted octanol–water partition coefficient (Wildman–Crippen LogP) is 1.93. The first-order valence-corrected chi connectivity index (χ1v) is 9.26. The fraction of sp³-hybridized carbons (Fsp3) is 0.632. The summed E-state index contributed by atoms with van der Waals surface area (Å²) in [4.78, 5) is 15.1. The van der Waals surface area contributed by atoms with E-state index < -0.39 is 5.60 Å². The summed E-state index contributed by atoms with van der Waals surface area (Å²) in [7, 11) is 1.60. The van der Waals surface area contributed by atoms with Crippen LogP contribution in [0.25, 0.3) is 0 Å². The minimum Gasteiger partial charge on any atom is -0.379 e. The molecule has 1 unspecified atom stereocenters. The van der Waals surface area contributed by atoms with Crippen molar-refractivity contribution in [3.63, 3.8) is 0 Å². The highest BCUT2D eigenvalue weighted by atomic mass is 35.5. The summed E-state index contributed by atoms with van der Waals surface area (Å²) < 4.78 is 24.4. The first-order valence-electron chi connectivity index (χ1n) is 9.26. The maximum atomic E-state index is 13.3. The molecule has 6 nitrogen and oxygen atoms in total. The van der Waals surface area contributed by atoms with Gasteiger partial charge in [-0.2, -0.15) is 0 Å². The highest BCUT2D eigenvalue weighted by Crippen LogP contribution is 2.25. The Kier molecular flexibility index (Phi) is 10.7. The number of amides is 1. The third-order valence-corrected chi connectivity index (χ3v) is 5.41. The van der Waals surface area contributed by atoms with Crippen LogP contribution >= 0.6 is 24.8 Å². The molecular weight excluding hydrogens is 408 g/mol. The summed E-state index contributed by atoms with van der Waals surface area (Å²) in [5.74, 6) is -0.326. The zero-order valence-corrected chi connectivity index (χ0v) is 17.8. The molecule has 2 heterocycles. The molecule has 1 aromatic carbocycles. The Balaban J connectivity index is 0.00000196. The van der Waals surface area contributed by atoms with Crippen LogP contribution in [0.3, 0.4) is 0 Å². The number of nitrogens with zero attached hydrogens (tertiary/aromatic N) is 1. The van der Waals surface area contributed by atoms with Crippen LogP contribution in [-0.4, -0.2) is 69.5 Å². The van der Waals surface area contributed by atoms with Crippen LogP contribution in [0.4, 0.5) is 4.39 Å². The molecule has 0 saturated carbocycles. The van der Waals surface area contributed by atoms with Gasteiger partial charge in [0.25, 0.3) is 5.91 Å². The number of ether oxygens (including phenoxy) is 2. The van der Waals surface area contributed by atoms with Gasteiger partial charge in [-0.3, -0.25) is 9.69 Å². The predicted molar refractivity (Wildman–Crippen MR) is 111 cm³/mol. The number of carbonyl (C=O) groups is 1. The Bertz CT molecular complexity index is 595. The van der Waals surface area contributed by atoms with Gasteiger partial charge in [0.15, 0.2) is 0 Å². The minimum atomic E-state index is -0.760. The monoisotopic (exact) mass is 437 g/mol. The van der Waals surface area contributed by atoms with Crippen LogP contribution in [-0.2, 0) is 14.3 Å². The summed E-state index contributed by atoms with van der Waals surface area (Å²) in [6.45, 7) is 4.91. The van der Waals surface area contributed by atoms with E-state index in [0.29, 0.717) is 32.6 Å². The fourth-order valence-electron chi connectivity index (χ4n) is 3.74. The lowest BCUT2D eigenvalue weighted by Crippen LogP contribution is -2.55. The summed E-state index contributed by atoms with van der Waals surface area (Å²) in [6, 6.07) is 6.50. The Morgan fingerprint density at radius 3 is 2.43 bits per heavy atom. The van der Waals surface area contributed by atoms with Crippen LogP contribution < -0.4 is 10.6 Å². The summed E-state index contributed by atoms with van der Waals surface area (Å²) in [5, 5.41) is 6.35. The topological polar surface area (TPSA) is 62.8 Å². The second-order valence-corrected chi connectivity index (χ2v) is 6.87. The molecule has 1 atom stereocenters. The molecule has 0 bridgehead atoms. The fourth-order valence-corrected chi connectivity index (χ4v) is 3.74. The van der Waals surface area contributed by atoms with Gasteiger partial charge in [-0.15, -0.1) is 24.8 Å². The van der Waals surface area contributed by atoms with Gasteiger partial charge in [0.1, 0.15) is 11.4 Å². The zero-order valence-electron chi connectivity index (χ0n) is 16.1. The number of halogens is 3. The number of methoxy groups -OCH3 is 1. The van der Waals surface area contributed by atoms with Crippen molar-refractivity contribution in [2.75, 3.05) is 53.0 Å². The number of rotatable bonds is 6. The quantitative estimate of drug-likeness (QED) is 0.711. The normalized spacial score (nSPS) is 20.4. The number of piperidine rings is 1. The molecule has 0 radical (unpaired) electrons. The second-order valence-electron chi connectivity index (χ2n) is 6.87. The Hall–Kier alpha value is -0.960. The summed E-state index contributed by atoms with van der Waals surface area (Å²) in [6.07, 6.45) is 1.32. The minimum absolute atomic E-state index is 0. The van der Waals surface area contributed by atoms with Crippen LogP contribution in [0, 0.1) is 5.82 Å². The van der Waals surface area contributed by atoms with Crippen molar-refractivity contribution in [3.05, 3.63) is 35.6 Å². The molecule has 2 fully saturated rings. The maximum absolute atomic E-state index is 13.3. The molecule has 28 heavy (non-hydrogen) atoms. The summed E-state index contributed by atoms with van der Waals surface area (Å²) in [5.41, 5.74) is 0.231. The van der Waals surface area contributed by atoms with E-state index in [1.165, 1.54) is 12.1 Å². The van der Waals surface area contributed by atoms with E-state index in [2.05, 4.69) is 15.5 Å². The summed E-state index contributed by atoms with van der Waals surface area (Å²) >= 11 is 0. The molecular formula is C19H30Cl2FN3O3. The van der Waals surface area contributed by atoms with Gasteiger partial charge in [0, 0.05) is 26.7 Å². The lowest BCUT2D eigenvalue weighted by molar-refractivity contribution is -0.147. The second kappa shape index (κ2) is 11.9. The molecule has 2 N–H and O–H groups in total. The van der Waals surface area contributed by atoms with Gasteiger partial charge >= 0.3 is 0 Å². The van der Waals surface area contributed by atoms with Crippen molar-refractivity contribution >= 4 is 30.7 Å². The third kappa shape index (κ3) is 6.02. The number of morpholine rings is 1. The molecule has 9 heteroatoms. The molecule has 2 saturated heterocycles. The SMILES string of the molecule is COC1(C(=O)NCC(c2ccc(F)cc2)N2CCOCC2)CCNCC1.Cl.Cl. The Labute approximate surface area is 178 Å². The van der Waals surface area contributed by atoms with E-state index in [0.717, 1.165) is 31.7 Å². The van der Waals surface area contributed by atoms with Crippen molar-refractivity contribution in [1.29, 1.82) is 0 Å². The average molecular weight is 438 g/mol. The van der Waals surface area contributed by atoms with E-state index in [-0.39, 0.29) is 42.6 Å². The molecule has 1 amide bonds. The van der Waals surface area contributed by atoms with Gasteiger partial charge in [0.05, 0.1) is 19.3 Å². The Morgan fingerprint density at radius 1 is 1.25 bits per heavy atom. The van der Waals surface area contributed by atoms with E-state index in [9.17, 15) is 9.18 Å². The van der Waals surface area contributed by atoms with Gasteiger partial charge in [-0.1, -0.05) is 12.1 Å². The first kappa shape index (κ1) is 25.1. The van der Waals surface area contributed by atoms with Gasteiger partial charge in [-0.05, 0) is 43.6 Å². The van der Waals surface area contributed by atoms with Crippen molar-refractivity contribution in [3.8, 4) is 0 Å². The van der Waals surface area contributed by atoms with Gasteiger partial charge in [-0.25, -0.2) is 4.39 Å². The molecule has 0 aliphatic carbocycles. The number of benzene rings is 1. The van der Waals surface area contributed by atoms with Crippen molar-refractivity contribution in [2.45, 2.75) is 24.5 Å². The standard InChI is InChI=1S/C19H28FN3O3.2ClH/c1-25-19(6-8-21-9-7-19)18(24)22-14-17(23-10-12-26-13-11-23)15-2-4-16(20)5-3-15;;/h2-5,17,21H,6-14H2,1H3,(H,22,24);2*1H. The average Bonchev–Trinajstić information content (AvgIpc) is 2.70. The number of hydrogen-bond acceptors (Lipinski definition) is 5. The smallest absolute Gasteiger partial charge is 0.252 e. The molecule has 3 rings (SSSR count). The Morgan fingerprint density at radius 2 is 1.86 bits per heavy atom. The first-order chi connectivity index (χ1) is 12.6. The molecule has 2 aliphatic rings. The van der Waals surface area contributed by atoms with E-state index in [1.54, 1.807) is 19.2 Å². The van der Waals surface area contributed by atoms with Crippen molar-refractivity contribution in [2.24, 2.45) is 0 Å². The van der Waals surface area contributed by atoms with Crippen LogP contribution in [0.5, 0.6) is 0 Å². The largest absolute Gasteiger partial charge is 0.379 e. The van der Waals surface area contributed by atoms with Crippen LogP contribution in [0.15, 0.2) is 24.3 Å². The molecule has 2 aliphatic heterocycles. The van der Waals surface area contributed by atoms with E-state index >= 15 is 0 Å². The lowest BCUT2D eigenvalue weighted by atomic mass is 9.91. The van der Waals surface area contributed by atoms with Gasteiger partial charge < -0.3 is 20.1 Å². The molecule has 1 aromatic rings. The highest BCUT2D eigenvalue weighted by molar-refractivity contribution is 5.86. The highest BCUT2D eigenvalue weighted by Gasteiger charge is 2.40. The van der Waals surface area contributed by atoms with Crippen LogP contribution in [0.2, 0.25) is 0 Å². The molecule has 0 spiro atoms. The number of carbonyl (C=O) groups excluding carboxylic acids is 1. The number of hydrogen-bond donors (Lipinski definition) is 2. The van der Waals surface area contributed by atoms with Crippen molar-refractivity contribution < 1.29 is 18.7 Å². The maximum Gasteiger partial charge on any atom is 0.252 e. The third-order valence-electron chi connectivity index (χ3n) is 5.41. The van der Waals surface area contributed by atoms with Crippen molar-refractivity contribution in [1.82, 2.24) is 15.5 Å². The molecule has 0 aromatic heterocycles. The van der Waals surface area contributed by atoms with E-state index in [1.807, 2.05) is 0 Å². The zero-order chi connectivity index (χ0) is 18.4. The van der Waals surface area contributed by atoms with E-state index in [4.69, 9.17) is 9.47 Å². The lowest BCUT2D eigenvalue weighted by Gasteiger charge is -2.37. The number of nitrogens with one attached hydrogen (secondary N) is 2. The van der Waals surface area contributed by atoms with Crippen LogP contribution in [0.1, 0.15) is 24.4 Å². The van der Waals surface area contributed by atoms with Gasteiger partial charge in [0.2, 0.25) is 0 Å². The molecule has 160 valence electrons.